The van der Waals surface area contributed by atoms with Gasteiger partial charge in [0.25, 0.3) is 5.91 Å². The lowest BCUT2D eigenvalue weighted by Crippen LogP contribution is -2.28. The van der Waals surface area contributed by atoms with E-state index in [0.29, 0.717) is 6.54 Å². The van der Waals surface area contributed by atoms with Crippen LogP contribution in [0.15, 0.2) is 30.5 Å². The Hall–Kier alpha value is -2.24. The second kappa shape index (κ2) is 5.81. The quantitative estimate of drug-likeness (QED) is 0.862. The predicted octanol–water partition coefficient (Wildman–Crippen LogP) is 2.45. The van der Waals surface area contributed by atoms with Crippen LogP contribution in [-0.2, 0) is 13.1 Å². The van der Waals surface area contributed by atoms with Gasteiger partial charge in [-0.2, -0.15) is 5.10 Å². The predicted molar refractivity (Wildman–Crippen MR) is 70.1 cm³/mol. The van der Waals surface area contributed by atoms with Gasteiger partial charge < -0.3 is 4.90 Å². The molecule has 4 nitrogen and oxygen atoms in total. The molecule has 0 spiro atoms. The Morgan fingerprint density at radius 3 is 2.80 bits per heavy atom. The molecule has 0 aliphatic carbocycles. The summed E-state index contributed by atoms with van der Waals surface area (Å²) in [5.74, 6) is -2.71. The van der Waals surface area contributed by atoms with Crippen LogP contribution in [0.25, 0.3) is 0 Å². The summed E-state index contributed by atoms with van der Waals surface area (Å²) in [6.45, 7) is 2.89. The maximum atomic E-state index is 13.6. The van der Waals surface area contributed by atoms with Gasteiger partial charge in [0.05, 0.1) is 17.8 Å². The van der Waals surface area contributed by atoms with Crippen LogP contribution < -0.4 is 0 Å². The summed E-state index contributed by atoms with van der Waals surface area (Å²) in [4.78, 5) is 13.5. The molecule has 1 aromatic heterocycles. The minimum absolute atomic E-state index is 0.268. The molecule has 0 fully saturated rings. The second-order valence-electron chi connectivity index (χ2n) is 4.40. The van der Waals surface area contributed by atoms with Crippen molar-refractivity contribution < 1.29 is 13.6 Å². The summed E-state index contributed by atoms with van der Waals surface area (Å²) in [6.07, 6.45) is 1.64. The average molecular weight is 279 g/mol. The molecular formula is C14H15F2N3O. The van der Waals surface area contributed by atoms with Crippen LogP contribution in [-0.4, -0.2) is 27.6 Å². The Morgan fingerprint density at radius 1 is 1.35 bits per heavy atom. The Kier molecular flexibility index (Phi) is 4.12. The van der Waals surface area contributed by atoms with Crippen LogP contribution in [0.5, 0.6) is 0 Å². The fraction of sp³-hybridized carbons (Fsp3) is 0.286. The van der Waals surface area contributed by atoms with Crippen LogP contribution in [0.3, 0.4) is 0 Å². The third kappa shape index (κ3) is 2.68. The van der Waals surface area contributed by atoms with Crippen molar-refractivity contribution in [1.82, 2.24) is 14.7 Å². The molecule has 2 rings (SSSR count). The van der Waals surface area contributed by atoms with E-state index in [4.69, 9.17) is 0 Å². The summed E-state index contributed by atoms with van der Waals surface area (Å²) in [7, 11) is 1.54. The number of rotatable bonds is 4. The van der Waals surface area contributed by atoms with E-state index in [1.165, 1.54) is 17.0 Å². The van der Waals surface area contributed by atoms with Crippen LogP contribution in [0.4, 0.5) is 8.78 Å². The lowest BCUT2D eigenvalue weighted by molar-refractivity contribution is 0.0775. The van der Waals surface area contributed by atoms with Gasteiger partial charge in [0.15, 0.2) is 11.6 Å². The summed E-state index contributed by atoms with van der Waals surface area (Å²) >= 11 is 0. The molecule has 0 atom stereocenters. The maximum absolute atomic E-state index is 13.6. The molecular weight excluding hydrogens is 264 g/mol. The van der Waals surface area contributed by atoms with Gasteiger partial charge in [-0.25, -0.2) is 8.78 Å². The Morgan fingerprint density at radius 2 is 2.10 bits per heavy atom. The molecule has 0 N–H and O–H groups in total. The topological polar surface area (TPSA) is 38.1 Å². The highest BCUT2D eigenvalue weighted by molar-refractivity contribution is 5.94. The fourth-order valence-corrected chi connectivity index (χ4v) is 1.97. The third-order valence-electron chi connectivity index (χ3n) is 3.03. The van der Waals surface area contributed by atoms with E-state index in [0.717, 1.165) is 11.8 Å². The molecule has 0 bridgehead atoms. The minimum atomic E-state index is -1.12. The number of carbonyl (C=O) groups excluding carboxylic acids is 1. The van der Waals surface area contributed by atoms with Crippen LogP contribution >= 0.6 is 0 Å². The van der Waals surface area contributed by atoms with E-state index in [2.05, 4.69) is 5.10 Å². The Labute approximate surface area is 115 Å². The van der Waals surface area contributed by atoms with Gasteiger partial charge in [-0.15, -0.1) is 0 Å². The highest BCUT2D eigenvalue weighted by Crippen LogP contribution is 2.14. The first-order valence-corrected chi connectivity index (χ1v) is 6.24. The largest absolute Gasteiger partial charge is 0.336 e. The number of amides is 1. The van der Waals surface area contributed by atoms with Crippen molar-refractivity contribution in [3.05, 3.63) is 53.4 Å². The van der Waals surface area contributed by atoms with Crippen molar-refractivity contribution in [2.24, 2.45) is 0 Å². The Balaban J connectivity index is 2.19. The van der Waals surface area contributed by atoms with Gasteiger partial charge in [0.1, 0.15) is 0 Å². The molecule has 0 aliphatic rings. The van der Waals surface area contributed by atoms with Crippen molar-refractivity contribution in [3.63, 3.8) is 0 Å². The van der Waals surface area contributed by atoms with Crippen LogP contribution in [0.1, 0.15) is 23.0 Å². The van der Waals surface area contributed by atoms with Gasteiger partial charge in [0, 0.05) is 19.8 Å². The number of hydrogen-bond donors (Lipinski definition) is 0. The summed E-state index contributed by atoms with van der Waals surface area (Å²) in [5, 5.41) is 4.10. The van der Waals surface area contributed by atoms with E-state index >= 15 is 0 Å². The highest BCUT2D eigenvalue weighted by Gasteiger charge is 2.19. The Bertz CT molecular complexity index is 625. The van der Waals surface area contributed by atoms with Crippen molar-refractivity contribution >= 4 is 5.91 Å². The summed E-state index contributed by atoms with van der Waals surface area (Å²) in [5.41, 5.74) is 0.565. The number of aromatic nitrogens is 2. The molecule has 2 aromatic rings. The number of halogens is 2. The standard InChI is InChI=1S/C14H15F2N3O/c1-3-19-10(7-8-17-19)9-18(2)14(20)11-5-4-6-12(15)13(11)16/h4-8H,3,9H2,1-2H3. The number of benzene rings is 1. The minimum Gasteiger partial charge on any atom is -0.336 e. The van der Waals surface area contributed by atoms with Gasteiger partial charge in [0.2, 0.25) is 0 Å². The first-order valence-electron chi connectivity index (χ1n) is 6.24. The SMILES string of the molecule is CCn1nccc1CN(C)C(=O)c1cccc(F)c1F. The van der Waals surface area contributed by atoms with E-state index < -0.39 is 17.5 Å². The zero-order chi connectivity index (χ0) is 14.7. The number of aryl methyl sites for hydroxylation is 1. The average Bonchev–Trinajstić information content (AvgIpc) is 2.88. The molecule has 0 radical (unpaired) electrons. The van der Waals surface area contributed by atoms with Crippen molar-refractivity contribution in [2.75, 3.05) is 7.05 Å². The summed E-state index contributed by atoms with van der Waals surface area (Å²) in [6, 6.07) is 5.36. The highest BCUT2D eigenvalue weighted by atomic mass is 19.2. The molecule has 0 unspecified atom stereocenters. The lowest BCUT2D eigenvalue weighted by atomic mass is 10.2. The van der Waals surface area contributed by atoms with Gasteiger partial charge in [-0.05, 0) is 25.1 Å². The normalized spacial score (nSPS) is 10.6. The molecule has 1 amide bonds. The molecule has 0 aliphatic heterocycles. The van der Waals surface area contributed by atoms with Crippen molar-refractivity contribution in [2.45, 2.75) is 20.0 Å². The van der Waals surface area contributed by atoms with Crippen LogP contribution in [0.2, 0.25) is 0 Å². The molecule has 106 valence electrons. The molecule has 0 saturated heterocycles. The molecule has 1 aromatic carbocycles. The zero-order valence-corrected chi connectivity index (χ0v) is 11.3. The van der Waals surface area contributed by atoms with Gasteiger partial charge in [-0.1, -0.05) is 6.07 Å². The first-order chi connectivity index (χ1) is 9.54. The van der Waals surface area contributed by atoms with Gasteiger partial charge >= 0.3 is 0 Å². The molecule has 20 heavy (non-hydrogen) atoms. The first kappa shape index (κ1) is 14.2. The van der Waals surface area contributed by atoms with Crippen molar-refractivity contribution in [1.29, 1.82) is 0 Å². The fourth-order valence-electron chi connectivity index (χ4n) is 1.97. The monoisotopic (exact) mass is 279 g/mol. The van der Waals surface area contributed by atoms with E-state index in [9.17, 15) is 13.6 Å². The lowest BCUT2D eigenvalue weighted by Gasteiger charge is -2.18. The van der Waals surface area contributed by atoms with Gasteiger partial charge in [-0.3, -0.25) is 9.48 Å². The summed E-state index contributed by atoms with van der Waals surface area (Å²) < 4.78 is 28.5. The molecule has 1 heterocycles. The number of hydrogen-bond acceptors (Lipinski definition) is 2. The molecule has 0 saturated carbocycles. The number of nitrogens with zero attached hydrogens (tertiary/aromatic N) is 3. The number of carbonyl (C=O) groups is 1. The second-order valence-corrected chi connectivity index (χ2v) is 4.40. The smallest absolute Gasteiger partial charge is 0.257 e. The van der Waals surface area contributed by atoms with E-state index in [-0.39, 0.29) is 12.1 Å². The zero-order valence-electron chi connectivity index (χ0n) is 11.3. The van der Waals surface area contributed by atoms with Crippen LogP contribution in [0, 0.1) is 11.6 Å². The van der Waals surface area contributed by atoms with E-state index in [1.54, 1.807) is 24.0 Å². The third-order valence-corrected chi connectivity index (χ3v) is 3.03. The molecule has 6 heteroatoms. The van der Waals surface area contributed by atoms with E-state index in [1.807, 2.05) is 6.92 Å². The maximum Gasteiger partial charge on any atom is 0.257 e. The van der Waals surface area contributed by atoms with Crippen molar-refractivity contribution in [3.8, 4) is 0 Å².